The van der Waals surface area contributed by atoms with E-state index in [4.69, 9.17) is 5.11 Å². The van der Waals surface area contributed by atoms with Crippen molar-refractivity contribution < 1.29 is 9.90 Å². The van der Waals surface area contributed by atoms with Crippen LogP contribution in [0.2, 0.25) is 0 Å². The van der Waals surface area contributed by atoms with Gasteiger partial charge in [0.05, 0.1) is 0 Å². The van der Waals surface area contributed by atoms with Crippen LogP contribution >= 0.6 is 0 Å². The predicted octanol–water partition coefficient (Wildman–Crippen LogP) is 6.63. The summed E-state index contributed by atoms with van der Waals surface area (Å²) in [6.45, 7) is 15.3. The van der Waals surface area contributed by atoms with Gasteiger partial charge in [-0.3, -0.25) is 0 Å². The molecule has 0 aromatic rings. The van der Waals surface area contributed by atoms with Crippen molar-refractivity contribution in [3.63, 3.8) is 0 Å². The quantitative estimate of drug-likeness (QED) is 0.450. The summed E-state index contributed by atoms with van der Waals surface area (Å²) in [5.74, 6) is -0.913. The van der Waals surface area contributed by atoms with Gasteiger partial charge in [0.1, 0.15) is 0 Å². The van der Waals surface area contributed by atoms with E-state index in [2.05, 4.69) is 59.8 Å². The first-order valence-corrected chi connectivity index (χ1v) is 9.12. The van der Waals surface area contributed by atoms with Crippen LogP contribution in [0.3, 0.4) is 0 Å². The van der Waals surface area contributed by atoms with Crippen LogP contribution in [0.25, 0.3) is 0 Å². The third-order valence-electron chi connectivity index (χ3n) is 4.82. The highest BCUT2D eigenvalue weighted by molar-refractivity contribution is 5.81. The Hall–Kier alpha value is -1.83. The molecule has 0 aliphatic heterocycles. The van der Waals surface area contributed by atoms with Gasteiger partial charge in [-0.2, -0.15) is 0 Å². The second-order valence-corrected chi connectivity index (χ2v) is 8.72. The molecule has 25 heavy (non-hydrogen) atoms. The van der Waals surface area contributed by atoms with Gasteiger partial charge in [-0.25, -0.2) is 4.79 Å². The van der Waals surface area contributed by atoms with Gasteiger partial charge in [-0.05, 0) is 60.7 Å². The van der Waals surface area contributed by atoms with E-state index in [-0.39, 0.29) is 10.8 Å². The first kappa shape index (κ1) is 21.2. The summed E-state index contributed by atoms with van der Waals surface area (Å²) < 4.78 is 0. The van der Waals surface area contributed by atoms with Crippen molar-refractivity contribution in [2.75, 3.05) is 0 Å². The molecule has 1 aliphatic carbocycles. The van der Waals surface area contributed by atoms with Crippen LogP contribution in [0.5, 0.6) is 0 Å². The van der Waals surface area contributed by atoms with Crippen molar-refractivity contribution in [2.24, 2.45) is 10.8 Å². The van der Waals surface area contributed by atoms with Crippen molar-refractivity contribution in [2.45, 2.75) is 67.7 Å². The Balaban J connectivity index is 3.11. The number of carbonyl (C=O) groups is 1. The Bertz CT molecular complexity index is 644. The number of rotatable bonds is 5. The molecule has 0 unspecified atom stereocenters. The lowest BCUT2D eigenvalue weighted by molar-refractivity contribution is -0.131. The number of hydrogen-bond donors (Lipinski definition) is 1. The van der Waals surface area contributed by atoms with Crippen LogP contribution < -0.4 is 0 Å². The van der Waals surface area contributed by atoms with Gasteiger partial charge in [0.15, 0.2) is 0 Å². The van der Waals surface area contributed by atoms with E-state index >= 15 is 0 Å². The molecule has 0 aromatic heterocycles. The SMILES string of the molecule is CC(C=CC=C(C=CC1=C(C)CCCC1(C)C)C(C)(C)C)=CC(=O)O. The lowest BCUT2D eigenvalue weighted by atomic mass is 9.72. The van der Waals surface area contributed by atoms with E-state index in [9.17, 15) is 4.79 Å². The molecule has 2 heteroatoms. The monoisotopic (exact) mass is 342 g/mol. The molecule has 0 amide bonds. The summed E-state index contributed by atoms with van der Waals surface area (Å²) >= 11 is 0. The fourth-order valence-electron chi connectivity index (χ4n) is 3.29. The predicted molar refractivity (Wildman–Crippen MR) is 108 cm³/mol. The standard InChI is InChI=1S/C23H34O2/c1-17(16-21(24)25)10-8-12-19(22(3,4)5)13-14-20-18(2)11-9-15-23(20,6)7/h8,10,12-14,16H,9,11,15H2,1-7H3,(H,24,25). The molecule has 1 aliphatic rings. The molecule has 1 N–H and O–H groups in total. The largest absolute Gasteiger partial charge is 0.478 e. The molecule has 0 saturated carbocycles. The molecule has 0 fully saturated rings. The Morgan fingerprint density at radius 1 is 1.20 bits per heavy atom. The second kappa shape index (κ2) is 8.51. The van der Waals surface area contributed by atoms with Crippen LogP contribution in [0.1, 0.15) is 67.7 Å². The van der Waals surface area contributed by atoms with Crippen LogP contribution in [0.4, 0.5) is 0 Å². The Morgan fingerprint density at radius 3 is 2.36 bits per heavy atom. The van der Waals surface area contributed by atoms with E-state index in [1.165, 1.54) is 42.1 Å². The minimum absolute atomic E-state index is 0.0263. The fraction of sp³-hybridized carbons (Fsp3) is 0.522. The maximum atomic E-state index is 10.7. The molecule has 2 nitrogen and oxygen atoms in total. The van der Waals surface area contributed by atoms with Crippen LogP contribution in [0, 0.1) is 10.8 Å². The Morgan fingerprint density at radius 2 is 1.84 bits per heavy atom. The zero-order valence-electron chi connectivity index (χ0n) is 16.9. The van der Waals surface area contributed by atoms with Crippen LogP contribution in [-0.2, 0) is 4.79 Å². The van der Waals surface area contributed by atoms with Crippen LogP contribution in [0.15, 0.2) is 58.7 Å². The smallest absolute Gasteiger partial charge is 0.328 e. The Labute approximate surface area is 153 Å². The van der Waals surface area contributed by atoms with E-state index in [1.807, 2.05) is 12.2 Å². The van der Waals surface area contributed by atoms with Gasteiger partial charge in [0.2, 0.25) is 0 Å². The summed E-state index contributed by atoms with van der Waals surface area (Å²) in [5.41, 5.74) is 5.18. The number of carboxylic acid groups (broad SMARTS) is 1. The fourth-order valence-corrected chi connectivity index (χ4v) is 3.29. The lowest BCUT2D eigenvalue weighted by Gasteiger charge is -2.33. The van der Waals surface area contributed by atoms with Gasteiger partial charge >= 0.3 is 5.97 Å². The highest BCUT2D eigenvalue weighted by atomic mass is 16.4. The maximum absolute atomic E-state index is 10.7. The molecule has 138 valence electrons. The molecule has 0 bridgehead atoms. The van der Waals surface area contributed by atoms with Crippen LogP contribution in [-0.4, -0.2) is 11.1 Å². The molecular weight excluding hydrogens is 308 g/mol. The van der Waals surface area contributed by atoms with E-state index < -0.39 is 5.97 Å². The summed E-state index contributed by atoms with van der Waals surface area (Å²) in [7, 11) is 0. The van der Waals surface area contributed by atoms with E-state index in [0.29, 0.717) is 0 Å². The van der Waals surface area contributed by atoms with Crippen molar-refractivity contribution in [1.82, 2.24) is 0 Å². The highest BCUT2D eigenvalue weighted by Crippen LogP contribution is 2.41. The van der Waals surface area contributed by atoms with Crippen molar-refractivity contribution in [3.8, 4) is 0 Å². The van der Waals surface area contributed by atoms with Gasteiger partial charge in [0, 0.05) is 6.08 Å². The zero-order chi connectivity index (χ0) is 19.3. The summed E-state index contributed by atoms with van der Waals surface area (Å²) in [4.78, 5) is 10.7. The molecule has 1 rings (SSSR count). The molecule has 0 saturated heterocycles. The molecular formula is C23H34O2. The molecule has 0 heterocycles. The number of hydrogen-bond acceptors (Lipinski definition) is 1. The molecule has 0 spiro atoms. The normalized spacial score (nSPS) is 20.0. The first-order chi connectivity index (χ1) is 11.4. The van der Waals surface area contributed by atoms with Gasteiger partial charge in [-0.15, -0.1) is 0 Å². The summed E-state index contributed by atoms with van der Waals surface area (Å²) in [6.07, 6.45) is 15.3. The van der Waals surface area contributed by atoms with E-state index in [0.717, 1.165) is 5.57 Å². The minimum atomic E-state index is -0.913. The van der Waals surface area contributed by atoms with Crippen molar-refractivity contribution in [1.29, 1.82) is 0 Å². The van der Waals surface area contributed by atoms with Crippen molar-refractivity contribution in [3.05, 3.63) is 58.7 Å². The summed E-state index contributed by atoms with van der Waals surface area (Å²) in [6, 6.07) is 0. The topological polar surface area (TPSA) is 37.3 Å². The maximum Gasteiger partial charge on any atom is 0.328 e. The average molecular weight is 343 g/mol. The first-order valence-electron chi connectivity index (χ1n) is 9.12. The third kappa shape index (κ3) is 6.89. The average Bonchev–Trinajstić information content (AvgIpc) is 2.42. The third-order valence-corrected chi connectivity index (χ3v) is 4.82. The van der Waals surface area contributed by atoms with Gasteiger partial charge < -0.3 is 5.11 Å². The lowest BCUT2D eigenvalue weighted by Crippen LogP contribution is -2.19. The zero-order valence-corrected chi connectivity index (χ0v) is 16.9. The van der Waals surface area contributed by atoms with Gasteiger partial charge in [0.25, 0.3) is 0 Å². The second-order valence-electron chi connectivity index (χ2n) is 8.72. The minimum Gasteiger partial charge on any atom is -0.478 e. The number of aliphatic carboxylic acids is 1. The Kier molecular flexibility index (Phi) is 7.22. The molecule has 0 aromatic carbocycles. The molecule has 0 atom stereocenters. The number of allylic oxidation sites excluding steroid dienone is 9. The van der Waals surface area contributed by atoms with E-state index in [1.54, 1.807) is 6.92 Å². The molecule has 0 radical (unpaired) electrons. The highest BCUT2D eigenvalue weighted by Gasteiger charge is 2.26. The van der Waals surface area contributed by atoms with Gasteiger partial charge in [-0.1, -0.05) is 70.6 Å². The summed E-state index contributed by atoms with van der Waals surface area (Å²) in [5, 5.41) is 8.78. The number of carboxylic acids is 1. The van der Waals surface area contributed by atoms with Crippen molar-refractivity contribution >= 4 is 5.97 Å².